The monoisotopic (exact) mass is 334 g/mol. The summed E-state index contributed by atoms with van der Waals surface area (Å²) in [4.78, 5) is 1.60. The van der Waals surface area contributed by atoms with Gasteiger partial charge in [0.25, 0.3) is 0 Å². The van der Waals surface area contributed by atoms with Gasteiger partial charge in [0.05, 0.1) is 35.4 Å². The van der Waals surface area contributed by atoms with Crippen LogP contribution in [0.1, 0.15) is 6.42 Å². The van der Waals surface area contributed by atoms with Gasteiger partial charge in [-0.1, -0.05) is 11.6 Å². The fourth-order valence-electron chi connectivity index (χ4n) is 2.23. The number of nitrogen functional groups attached to an aromatic ring is 1. The molecule has 0 amide bonds. The van der Waals surface area contributed by atoms with Crippen molar-refractivity contribution < 1.29 is 18.1 Å². The van der Waals surface area contributed by atoms with Crippen LogP contribution in [0.4, 0.5) is 5.69 Å². The van der Waals surface area contributed by atoms with E-state index in [4.69, 9.17) is 22.1 Å². The Morgan fingerprint density at radius 3 is 2.71 bits per heavy atom. The molecular weight excluding hydrogens is 314 g/mol. The maximum absolute atomic E-state index is 12.1. The highest BCUT2D eigenvalue weighted by Gasteiger charge is 2.16. The van der Waals surface area contributed by atoms with E-state index in [9.17, 15) is 8.42 Å². The average Bonchev–Trinajstić information content (AvgIpc) is 2.47. The summed E-state index contributed by atoms with van der Waals surface area (Å²) >= 11 is 5.79. The number of ether oxygens (including phenoxy) is 1. The van der Waals surface area contributed by atoms with Gasteiger partial charge in [-0.2, -0.15) is 0 Å². The third-order valence-corrected chi connectivity index (χ3v) is 5.28. The number of halogens is 1. The van der Waals surface area contributed by atoms with Crippen molar-refractivity contribution in [2.45, 2.75) is 11.3 Å². The van der Waals surface area contributed by atoms with Crippen LogP contribution in [0.5, 0.6) is 0 Å². The van der Waals surface area contributed by atoms with E-state index in [2.05, 4.69) is 4.72 Å². The lowest BCUT2D eigenvalue weighted by Gasteiger charge is -2.23. The molecular formula is C13H21ClN3O3S+. The predicted octanol–water partition coefficient (Wildman–Crippen LogP) is -0.494. The number of quaternary nitrogens is 1. The topological polar surface area (TPSA) is 85.9 Å². The Labute approximate surface area is 130 Å². The second kappa shape index (κ2) is 7.42. The fraction of sp³-hybridized carbons (Fsp3) is 0.538. The molecule has 0 radical (unpaired) electrons. The van der Waals surface area contributed by atoms with E-state index in [1.807, 2.05) is 0 Å². The Balaban J connectivity index is 1.82. The fourth-order valence-corrected chi connectivity index (χ4v) is 3.45. The lowest BCUT2D eigenvalue weighted by Crippen LogP contribution is -3.14. The van der Waals surface area contributed by atoms with Crippen LogP contribution in [0.15, 0.2) is 23.1 Å². The molecule has 0 unspecified atom stereocenters. The van der Waals surface area contributed by atoms with Crippen molar-refractivity contribution in [2.75, 3.05) is 45.1 Å². The maximum atomic E-state index is 12.1. The molecule has 118 valence electrons. The highest BCUT2D eigenvalue weighted by Crippen LogP contribution is 2.21. The molecule has 1 aliphatic rings. The maximum Gasteiger partial charge on any atom is 0.240 e. The molecule has 21 heavy (non-hydrogen) atoms. The summed E-state index contributed by atoms with van der Waals surface area (Å²) in [6.07, 6.45) is 0.789. The molecule has 0 bridgehead atoms. The van der Waals surface area contributed by atoms with E-state index in [0.717, 1.165) is 39.3 Å². The molecule has 4 N–H and O–H groups in total. The van der Waals surface area contributed by atoms with E-state index in [1.54, 1.807) is 0 Å². The summed E-state index contributed by atoms with van der Waals surface area (Å²) in [6, 6.07) is 4.31. The third-order valence-electron chi connectivity index (χ3n) is 3.48. The van der Waals surface area contributed by atoms with E-state index >= 15 is 0 Å². The second-order valence-corrected chi connectivity index (χ2v) is 7.22. The van der Waals surface area contributed by atoms with Crippen LogP contribution in [0.25, 0.3) is 0 Å². The molecule has 1 aromatic rings. The van der Waals surface area contributed by atoms with Gasteiger partial charge >= 0.3 is 0 Å². The zero-order chi connectivity index (χ0) is 15.3. The van der Waals surface area contributed by atoms with Crippen molar-refractivity contribution in [1.82, 2.24) is 4.72 Å². The summed E-state index contributed by atoms with van der Waals surface area (Å²) in [7, 11) is -3.53. The van der Waals surface area contributed by atoms with Gasteiger partial charge in [0.2, 0.25) is 10.0 Å². The molecule has 6 nitrogen and oxygen atoms in total. The SMILES string of the molecule is Nc1cc(S(=O)(=O)NCCC[NH+]2CCOCC2)ccc1Cl. The average molecular weight is 335 g/mol. The minimum atomic E-state index is -3.53. The third kappa shape index (κ3) is 4.82. The first kappa shape index (κ1) is 16.5. The van der Waals surface area contributed by atoms with Gasteiger partial charge in [0.1, 0.15) is 13.1 Å². The lowest BCUT2D eigenvalue weighted by molar-refractivity contribution is -0.908. The van der Waals surface area contributed by atoms with Crippen LogP contribution in [0, 0.1) is 0 Å². The molecule has 1 heterocycles. The largest absolute Gasteiger partial charge is 0.397 e. The van der Waals surface area contributed by atoms with E-state index in [1.165, 1.54) is 23.1 Å². The highest BCUT2D eigenvalue weighted by atomic mass is 35.5. The molecule has 0 saturated carbocycles. The van der Waals surface area contributed by atoms with Gasteiger partial charge in [-0.15, -0.1) is 0 Å². The van der Waals surface area contributed by atoms with Crippen LogP contribution in [-0.4, -0.2) is 47.8 Å². The van der Waals surface area contributed by atoms with Crippen molar-refractivity contribution in [3.8, 4) is 0 Å². The summed E-state index contributed by atoms with van der Waals surface area (Å²) in [5, 5.41) is 0.352. The van der Waals surface area contributed by atoms with Crippen molar-refractivity contribution in [2.24, 2.45) is 0 Å². The van der Waals surface area contributed by atoms with Crippen molar-refractivity contribution in [3.05, 3.63) is 23.2 Å². The van der Waals surface area contributed by atoms with Gasteiger partial charge in [0, 0.05) is 13.0 Å². The Morgan fingerprint density at radius 2 is 2.05 bits per heavy atom. The number of hydrogen-bond donors (Lipinski definition) is 3. The van der Waals surface area contributed by atoms with Gasteiger partial charge in [-0.25, -0.2) is 13.1 Å². The van der Waals surface area contributed by atoms with Crippen molar-refractivity contribution >= 4 is 27.3 Å². The molecule has 0 aliphatic carbocycles. The smallest absolute Gasteiger partial charge is 0.240 e. The molecule has 1 fully saturated rings. The molecule has 1 aliphatic heterocycles. The molecule has 1 saturated heterocycles. The number of anilines is 1. The van der Waals surface area contributed by atoms with Gasteiger partial charge in [0.15, 0.2) is 0 Å². The van der Waals surface area contributed by atoms with Gasteiger partial charge < -0.3 is 15.4 Å². The van der Waals surface area contributed by atoms with Crippen molar-refractivity contribution in [3.63, 3.8) is 0 Å². The highest BCUT2D eigenvalue weighted by molar-refractivity contribution is 7.89. The number of sulfonamides is 1. The molecule has 0 atom stereocenters. The number of nitrogens with two attached hydrogens (primary N) is 1. The normalized spacial score (nSPS) is 17.0. The summed E-state index contributed by atoms with van der Waals surface area (Å²) in [5.74, 6) is 0. The Kier molecular flexibility index (Phi) is 5.83. The van der Waals surface area contributed by atoms with Crippen LogP contribution in [0.3, 0.4) is 0 Å². The summed E-state index contributed by atoms with van der Waals surface area (Å²) in [6.45, 7) is 4.89. The van der Waals surface area contributed by atoms with Crippen LogP contribution >= 0.6 is 11.6 Å². The van der Waals surface area contributed by atoms with E-state index < -0.39 is 10.0 Å². The predicted molar refractivity (Wildman–Crippen MR) is 82.1 cm³/mol. The standard InChI is InChI=1S/C13H20ClN3O3S/c14-12-3-2-11(10-13(12)15)21(18,19)16-4-1-5-17-6-8-20-9-7-17/h2-3,10,16H,1,4-9,15H2/p+1. The zero-order valence-corrected chi connectivity index (χ0v) is 13.3. The molecule has 0 aromatic heterocycles. The number of benzene rings is 1. The molecule has 0 spiro atoms. The number of morpholine rings is 1. The Morgan fingerprint density at radius 1 is 1.33 bits per heavy atom. The first-order valence-electron chi connectivity index (χ1n) is 6.95. The molecule has 8 heteroatoms. The van der Waals surface area contributed by atoms with E-state index in [-0.39, 0.29) is 10.6 Å². The zero-order valence-electron chi connectivity index (χ0n) is 11.8. The number of nitrogens with one attached hydrogen (secondary N) is 2. The minimum Gasteiger partial charge on any atom is -0.397 e. The van der Waals surface area contributed by atoms with Crippen LogP contribution < -0.4 is 15.4 Å². The van der Waals surface area contributed by atoms with Crippen molar-refractivity contribution in [1.29, 1.82) is 0 Å². The molecule has 1 aromatic carbocycles. The van der Waals surface area contributed by atoms with Gasteiger partial charge in [-0.05, 0) is 18.2 Å². The summed E-state index contributed by atoms with van der Waals surface area (Å²) in [5.41, 5.74) is 5.89. The first-order chi connectivity index (χ1) is 9.99. The van der Waals surface area contributed by atoms with Crippen LogP contribution in [0.2, 0.25) is 5.02 Å². The van der Waals surface area contributed by atoms with Gasteiger partial charge in [-0.3, -0.25) is 0 Å². The first-order valence-corrected chi connectivity index (χ1v) is 8.81. The number of hydrogen-bond acceptors (Lipinski definition) is 4. The minimum absolute atomic E-state index is 0.142. The molecule has 2 rings (SSSR count). The Bertz CT molecular complexity index is 574. The van der Waals surface area contributed by atoms with Crippen LogP contribution in [-0.2, 0) is 14.8 Å². The second-order valence-electron chi connectivity index (χ2n) is 5.05. The Hall–Kier alpha value is -0.860. The number of rotatable bonds is 6. The quantitative estimate of drug-likeness (QED) is 0.484. The van der Waals surface area contributed by atoms with E-state index in [0.29, 0.717) is 11.6 Å². The summed E-state index contributed by atoms with van der Waals surface area (Å²) < 4.78 is 32.1. The lowest BCUT2D eigenvalue weighted by atomic mass is 10.3.